The molecule has 0 spiro atoms. The number of rotatable bonds is 3. The normalized spacial score (nSPS) is 15.3. The Morgan fingerprint density at radius 3 is 2.77 bits per heavy atom. The van der Waals surface area contributed by atoms with Gasteiger partial charge in [0.05, 0.1) is 6.54 Å². The van der Waals surface area contributed by atoms with E-state index in [0.29, 0.717) is 13.1 Å². The molecule has 0 N–H and O–H groups in total. The lowest BCUT2D eigenvalue weighted by Gasteiger charge is -2.35. The van der Waals surface area contributed by atoms with Crippen LogP contribution in [0.4, 0.5) is 5.82 Å². The van der Waals surface area contributed by atoms with Crippen LogP contribution in [0.15, 0.2) is 36.5 Å². The summed E-state index contributed by atoms with van der Waals surface area (Å²) in [6.45, 7) is 6.50. The fraction of sp³-hybridized carbons (Fsp3) is 0.353. The smallest absolute Gasteiger partial charge is 0.242 e. The van der Waals surface area contributed by atoms with Crippen LogP contribution in [0.5, 0.6) is 0 Å². The Bertz CT molecular complexity index is 686. The Hall–Kier alpha value is -2.43. The van der Waals surface area contributed by atoms with Crippen LogP contribution in [0.25, 0.3) is 0 Å². The summed E-state index contributed by atoms with van der Waals surface area (Å²) in [5.74, 6) is 1.70. The number of aromatic nitrogens is 2. The number of nitrogens with zero attached hydrogens (tertiary/aromatic N) is 4. The van der Waals surface area contributed by atoms with Crippen molar-refractivity contribution >= 4 is 11.7 Å². The van der Waals surface area contributed by atoms with Gasteiger partial charge in [-0.05, 0) is 25.5 Å². The van der Waals surface area contributed by atoms with Gasteiger partial charge in [-0.3, -0.25) is 4.79 Å². The van der Waals surface area contributed by atoms with Gasteiger partial charge in [0.2, 0.25) is 5.91 Å². The van der Waals surface area contributed by atoms with Crippen molar-refractivity contribution in [3.8, 4) is 0 Å². The first-order valence-corrected chi connectivity index (χ1v) is 7.50. The molecule has 0 aliphatic carbocycles. The van der Waals surface area contributed by atoms with Gasteiger partial charge in [-0.15, -0.1) is 0 Å². The van der Waals surface area contributed by atoms with Crippen molar-refractivity contribution < 1.29 is 4.79 Å². The molecule has 5 nitrogen and oxygen atoms in total. The number of aryl methyl sites for hydroxylation is 2. The van der Waals surface area contributed by atoms with E-state index in [1.54, 1.807) is 6.20 Å². The second-order valence-electron chi connectivity index (χ2n) is 5.69. The minimum absolute atomic E-state index is 0.143. The molecule has 0 unspecified atom stereocenters. The molecule has 0 atom stereocenters. The van der Waals surface area contributed by atoms with E-state index in [2.05, 4.69) is 35.1 Å². The summed E-state index contributed by atoms with van der Waals surface area (Å²) in [4.78, 5) is 24.8. The van der Waals surface area contributed by atoms with E-state index in [9.17, 15) is 4.79 Å². The van der Waals surface area contributed by atoms with Crippen LogP contribution >= 0.6 is 0 Å². The summed E-state index contributed by atoms with van der Waals surface area (Å²) in [5, 5.41) is 0. The van der Waals surface area contributed by atoms with E-state index in [4.69, 9.17) is 0 Å². The Kier molecular flexibility index (Phi) is 4.04. The van der Waals surface area contributed by atoms with Gasteiger partial charge in [-0.1, -0.05) is 29.8 Å². The SMILES string of the molecule is Cc1cccc(CN2CCN(c3ccnc(C)n3)CC2=O)c1. The number of benzene rings is 1. The molecule has 0 bridgehead atoms. The molecule has 1 aromatic carbocycles. The largest absolute Gasteiger partial charge is 0.345 e. The van der Waals surface area contributed by atoms with Crippen molar-refractivity contribution in [1.29, 1.82) is 0 Å². The molecule has 2 heterocycles. The van der Waals surface area contributed by atoms with Crippen LogP contribution in [0.1, 0.15) is 17.0 Å². The number of carbonyl (C=O) groups excluding carboxylic acids is 1. The molecule has 22 heavy (non-hydrogen) atoms. The number of hydrogen-bond donors (Lipinski definition) is 0. The standard InChI is InChI=1S/C17H20N4O/c1-13-4-3-5-15(10-13)11-21-9-8-20(12-17(21)22)16-6-7-18-14(2)19-16/h3-7,10H,8-9,11-12H2,1-2H3. The van der Waals surface area contributed by atoms with Gasteiger partial charge in [0.25, 0.3) is 0 Å². The maximum Gasteiger partial charge on any atom is 0.242 e. The Balaban J connectivity index is 1.66. The number of amides is 1. The molecule has 1 fully saturated rings. The summed E-state index contributed by atoms with van der Waals surface area (Å²) >= 11 is 0. The highest BCUT2D eigenvalue weighted by Crippen LogP contribution is 2.16. The predicted octanol–water partition coefficient (Wildman–Crippen LogP) is 1.94. The summed E-state index contributed by atoms with van der Waals surface area (Å²) < 4.78 is 0. The first-order valence-electron chi connectivity index (χ1n) is 7.50. The molecule has 2 aromatic rings. The molecule has 1 saturated heterocycles. The lowest BCUT2D eigenvalue weighted by atomic mass is 10.1. The molecule has 1 aliphatic heterocycles. The second kappa shape index (κ2) is 6.13. The van der Waals surface area contributed by atoms with Crippen LogP contribution in [0, 0.1) is 13.8 Å². The zero-order valence-electron chi connectivity index (χ0n) is 13.0. The molecular formula is C17H20N4O. The van der Waals surface area contributed by atoms with Crippen molar-refractivity contribution in [1.82, 2.24) is 14.9 Å². The van der Waals surface area contributed by atoms with Gasteiger partial charge >= 0.3 is 0 Å². The van der Waals surface area contributed by atoms with Crippen molar-refractivity contribution in [3.63, 3.8) is 0 Å². The van der Waals surface area contributed by atoms with Crippen molar-refractivity contribution in [2.45, 2.75) is 20.4 Å². The fourth-order valence-electron chi connectivity index (χ4n) is 2.72. The Labute approximate surface area is 130 Å². The highest BCUT2D eigenvalue weighted by atomic mass is 16.2. The minimum Gasteiger partial charge on any atom is -0.345 e. The van der Waals surface area contributed by atoms with Crippen LogP contribution < -0.4 is 4.90 Å². The lowest BCUT2D eigenvalue weighted by Crippen LogP contribution is -2.50. The first-order chi connectivity index (χ1) is 10.6. The van der Waals surface area contributed by atoms with E-state index >= 15 is 0 Å². The van der Waals surface area contributed by atoms with Crippen LogP contribution in [0.2, 0.25) is 0 Å². The molecule has 1 aliphatic rings. The average molecular weight is 296 g/mol. The summed E-state index contributed by atoms with van der Waals surface area (Å²) in [6, 6.07) is 10.2. The fourth-order valence-corrected chi connectivity index (χ4v) is 2.72. The number of piperazine rings is 1. The van der Waals surface area contributed by atoms with E-state index < -0.39 is 0 Å². The number of carbonyl (C=O) groups is 1. The first kappa shape index (κ1) is 14.5. The second-order valence-corrected chi connectivity index (χ2v) is 5.69. The van der Waals surface area contributed by atoms with Crippen LogP contribution in [-0.4, -0.2) is 40.4 Å². The highest BCUT2D eigenvalue weighted by molar-refractivity contribution is 5.82. The maximum atomic E-state index is 12.4. The van der Waals surface area contributed by atoms with Gasteiger partial charge in [0, 0.05) is 25.8 Å². The molecule has 0 radical (unpaired) electrons. The Morgan fingerprint density at radius 1 is 1.18 bits per heavy atom. The zero-order chi connectivity index (χ0) is 15.5. The predicted molar refractivity (Wildman–Crippen MR) is 85.6 cm³/mol. The molecule has 0 saturated carbocycles. The molecule has 1 aromatic heterocycles. The van der Waals surface area contributed by atoms with Gasteiger partial charge in [0.15, 0.2) is 0 Å². The monoisotopic (exact) mass is 296 g/mol. The van der Waals surface area contributed by atoms with E-state index in [0.717, 1.165) is 24.7 Å². The third-order valence-electron chi connectivity index (χ3n) is 3.86. The van der Waals surface area contributed by atoms with Crippen molar-refractivity contribution in [3.05, 3.63) is 53.5 Å². The van der Waals surface area contributed by atoms with Crippen molar-refractivity contribution in [2.24, 2.45) is 0 Å². The average Bonchev–Trinajstić information content (AvgIpc) is 2.49. The molecular weight excluding hydrogens is 276 g/mol. The minimum atomic E-state index is 0.143. The van der Waals surface area contributed by atoms with Crippen LogP contribution in [-0.2, 0) is 11.3 Å². The Morgan fingerprint density at radius 2 is 2.05 bits per heavy atom. The van der Waals surface area contributed by atoms with E-state index in [-0.39, 0.29) is 5.91 Å². The third-order valence-corrected chi connectivity index (χ3v) is 3.86. The van der Waals surface area contributed by atoms with Crippen molar-refractivity contribution in [2.75, 3.05) is 24.5 Å². The molecule has 114 valence electrons. The quantitative estimate of drug-likeness (QED) is 0.868. The topological polar surface area (TPSA) is 49.3 Å². The van der Waals surface area contributed by atoms with Gasteiger partial charge in [-0.2, -0.15) is 0 Å². The van der Waals surface area contributed by atoms with Crippen LogP contribution in [0.3, 0.4) is 0 Å². The van der Waals surface area contributed by atoms with Gasteiger partial charge in [-0.25, -0.2) is 9.97 Å². The zero-order valence-corrected chi connectivity index (χ0v) is 13.0. The maximum absolute atomic E-state index is 12.4. The summed E-state index contributed by atoms with van der Waals surface area (Å²) in [7, 11) is 0. The molecule has 1 amide bonds. The van der Waals surface area contributed by atoms with E-state index in [1.807, 2.05) is 28.9 Å². The highest BCUT2D eigenvalue weighted by Gasteiger charge is 2.24. The number of anilines is 1. The molecule has 5 heteroatoms. The summed E-state index contributed by atoms with van der Waals surface area (Å²) in [6.07, 6.45) is 1.74. The summed E-state index contributed by atoms with van der Waals surface area (Å²) in [5.41, 5.74) is 2.40. The van der Waals surface area contributed by atoms with Gasteiger partial charge in [0.1, 0.15) is 11.6 Å². The van der Waals surface area contributed by atoms with Gasteiger partial charge < -0.3 is 9.80 Å². The third kappa shape index (κ3) is 3.24. The molecule has 3 rings (SSSR count). The number of hydrogen-bond acceptors (Lipinski definition) is 4. The lowest BCUT2D eigenvalue weighted by molar-refractivity contribution is -0.131. The van der Waals surface area contributed by atoms with E-state index in [1.165, 1.54) is 11.1 Å².